The summed E-state index contributed by atoms with van der Waals surface area (Å²) in [6, 6.07) is 0. The lowest BCUT2D eigenvalue weighted by atomic mass is 9.93. The van der Waals surface area contributed by atoms with Crippen molar-refractivity contribution in [1.82, 2.24) is 0 Å². The summed E-state index contributed by atoms with van der Waals surface area (Å²) in [6.45, 7) is 12.0. The fourth-order valence-corrected chi connectivity index (χ4v) is 2.71. The van der Waals surface area contributed by atoms with Gasteiger partial charge in [0.15, 0.2) is 0 Å². The molecule has 1 saturated heterocycles. The molecule has 0 aromatic heterocycles. The average Bonchev–Trinajstić information content (AvgIpc) is 2.13. The molecule has 0 bridgehead atoms. The van der Waals surface area contributed by atoms with Gasteiger partial charge in [0.25, 0.3) is 0 Å². The standard InChI is InChI=1S/C8H13NS/c1-8(2)7(6-9-3)4-5-10-8/h7H,4-6H2,1-2H3. The van der Waals surface area contributed by atoms with E-state index in [9.17, 15) is 0 Å². The van der Waals surface area contributed by atoms with Gasteiger partial charge in [-0.05, 0) is 12.2 Å². The van der Waals surface area contributed by atoms with Crippen molar-refractivity contribution in [3.8, 4) is 0 Å². The van der Waals surface area contributed by atoms with Gasteiger partial charge in [-0.25, -0.2) is 6.57 Å². The van der Waals surface area contributed by atoms with Gasteiger partial charge in [0.1, 0.15) is 0 Å². The molecule has 0 aromatic rings. The third-order valence-electron chi connectivity index (χ3n) is 2.24. The van der Waals surface area contributed by atoms with Crippen molar-refractivity contribution in [2.45, 2.75) is 25.0 Å². The van der Waals surface area contributed by atoms with Crippen LogP contribution in [0.3, 0.4) is 0 Å². The Morgan fingerprint density at radius 1 is 1.70 bits per heavy atom. The van der Waals surface area contributed by atoms with Gasteiger partial charge in [-0.1, -0.05) is 13.8 Å². The molecule has 1 rings (SSSR count). The molecule has 1 atom stereocenters. The van der Waals surface area contributed by atoms with Crippen LogP contribution in [0.5, 0.6) is 0 Å². The molecule has 1 aliphatic heterocycles. The summed E-state index contributed by atoms with van der Waals surface area (Å²) < 4.78 is 0.366. The van der Waals surface area contributed by atoms with Gasteiger partial charge in [-0.2, -0.15) is 11.8 Å². The van der Waals surface area contributed by atoms with Crippen LogP contribution in [0, 0.1) is 12.5 Å². The van der Waals surface area contributed by atoms with Crippen molar-refractivity contribution in [2.75, 3.05) is 12.3 Å². The van der Waals surface area contributed by atoms with E-state index in [0.29, 0.717) is 10.7 Å². The molecule has 0 aliphatic carbocycles. The normalized spacial score (nSPS) is 29.9. The number of hydrogen-bond acceptors (Lipinski definition) is 1. The van der Waals surface area contributed by atoms with E-state index >= 15 is 0 Å². The van der Waals surface area contributed by atoms with Crippen LogP contribution in [-0.2, 0) is 0 Å². The third kappa shape index (κ3) is 1.46. The summed E-state index contributed by atoms with van der Waals surface area (Å²) in [5.41, 5.74) is 0. The first-order valence-electron chi connectivity index (χ1n) is 3.64. The molecule has 1 aliphatic rings. The van der Waals surface area contributed by atoms with Crippen LogP contribution in [0.15, 0.2) is 0 Å². The Labute approximate surface area is 67.0 Å². The highest BCUT2D eigenvalue weighted by Gasteiger charge is 2.36. The Bertz CT molecular complexity index is 157. The highest BCUT2D eigenvalue weighted by atomic mass is 32.2. The molecule has 0 aromatic carbocycles. The Morgan fingerprint density at radius 2 is 2.40 bits per heavy atom. The molecule has 0 amide bonds. The molecule has 0 spiro atoms. The van der Waals surface area contributed by atoms with E-state index in [4.69, 9.17) is 6.57 Å². The summed E-state index contributed by atoms with van der Waals surface area (Å²) in [6.07, 6.45) is 1.24. The van der Waals surface area contributed by atoms with E-state index in [2.05, 4.69) is 18.7 Å². The largest absolute Gasteiger partial charge is 0.317 e. The third-order valence-corrected chi connectivity index (χ3v) is 3.75. The summed E-state index contributed by atoms with van der Waals surface area (Å²) in [5.74, 6) is 1.88. The highest BCUT2D eigenvalue weighted by molar-refractivity contribution is 8.00. The second kappa shape index (κ2) is 2.84. The maximum Gasteiger partial charge on any atom is 0.218 e. The quantitative estimate of drug-likeness (QED) is 0.526. The lowest BCUT2D eigenvalue weighted by Gasteiger charge is -2.21. The molecule has 0 N–H and O–H groups in total. The average molecular weight is 155 g/mol. The second-order valence-electron chi connectivity index (χ2n) is 3.28. The van der Waals surface area contributed by atoms with Crippen molar-refractivity contribution in [3.05, 3.63) is 11.4 Å². The Balaban J connectivity index is 2.53. The minimum atomic E-state index is 0.366. The minimum Gasteiger partial charge on any atom is -0.317 e. The van der Waals surface area contributed by atoms with Gasteiger partial charge in [0, 0.05) is 10.7 Å². The van der Waals surface area contributed by atoms with Crippen molar-refractivity contribution < 1.29 is 0 Å². The molecular formula is C8H13NS. The first-order valence-corrected chi connectivity index (χ1v) is 4.62. The van der Waals surface area contributed by atoms with Crippen LogP contribution >= 0.6 is 11.8 Å². The van der Waals surface area contributed by atoms with E-state index in [1.807, 2.05) is 11.8 Å². The number of rotatable bonds is 1. The molecule has 56 valence electrons. The predicted molar refractivity (Wildman–Crippen MR) is 46.1 cm³/mol. The number of nitrogens with zero attached hydrogens (tertiary/aromatic N) is 1. The van der Waals surface area contributed by atoms with Gasteiger partial charge in [-0.15, -0.1) is 0 Å². The Morgan fingerprint density at radius 3 is 2.80 bits per heavy atom. The van der Waals surface area contributed by atoms with Gasteiger partial charge in [0.2, 0.25) is 6.54 Å². The zero-order chi connectivity index (χ0) is 7.61. The second-order valence-corrected chi connectivity index (χ2v) is 5.03. The van der Waals surface area contributed by atoms with E-state index in [1.165, 1.54) is 12.2 Å². The first kappa shape index (κ1) is 7.94. The van der Waals surface area contributed by atoms with Crippen LogP contribution in [0.1, 0.15) is 20.3 Å². The molecule has 1 heterocycles. The molecule has 0 radical (unpaired) electrons. The van der Waals surface area contributed by atoms with Gasteiger partial charge >= 0.3 is 0 Å². The molecular weight excluding hydrogens is 142 g/mol. The van der Waals surface area contributed by atoms with E-state index in [-0.39, 0.29) is 0 Å². The van der Waals surface area contributed by atoms with Gasteiger partial charge in [0.05, 0.1) is 0 Å². The van der Waals surface area contributed by atoms with Crippen LogP contribution in [0.25, 0.3) is 4.85 Å². The fourth-order valence-electron chi connectivity index (χ4n) is 1.35. The molecule has 2 heteroatoms. The lowest BCUT2D eigenvalue weighted by Crippen LogP contribution is -2.23. The van der Waals surface area contributed by atoms with Gasteiger partial charge < -0.3 is 4.85 Å². The van der Waals surface area contributed by atoms with E-state index in [1.54, 1.807) is 0 Å². The summed E-state index contributed by atoms with van der Waals surface area (Å²) >= 11 is 2.00. The molecule has 1 fully saturated rings. The van der Waals surface area contributed by atoms with Crippen LogP contribution in [0.4, 0.5) is 0 Å². The van der Waals surface area contributed by atoms with E-state index < -0.39 is 0 Å². The maximum absolute atomic E-state index is 6.76. The van der Waals surface area contributed by atoms with Crippen molar-refractivity contribution in [2.24, 2.45) is 5.92 Å². The van der Waals surface area contributed by atoms with Crippen LogP contribution in [0.2, 0.25) is 0 Å². The maximum atomic E-state index is 6.76. The minimum absolute atomic E-state index is 0.366. The number of hydrogen-bond donors (Lipinski definition) is 0. The Hall–Kier alpha value is -0.160. The zero-order valence-corrected chi connectivity index (χ0v) is 7.37. The van der Waals surface area contributed by atoms with Crippen LogP contribution < -0.4 is 0 Å². The fraction of sp³-hybridized carbons (Fsp3) is 0.875. The highest BCUT2D eigenvalue weighted by Crippen LogP contribution is 2.42. The van der Waals surface area contributed by atoms with Crippen molar-refractivity contribution in [3.63, 3.8) is 0 Å². The predicted octanol–water partition coefficient (Wildman–Crippen LogP) is 2.44. The molecule has 0 saturated carbocycles. The smallest absolute Gasteiger partial charge is 0.218 e. The van der Waals surface area contributed by atoms with Gasteiger partial charge in [-0.3, -0.25) is 0 Å². The Kier molecular flexibility index (Phi) is 2.25. The summed E-state index contributed by atoms with van der Waals surface area (Å²) in [7, 11) is 0. The summed E-state index contributed by atoms with van der Waals surface area (Å²) in [5, 5.41) is 0. The van der Waals surface area contributed by atoms with Crippen LogP contribution in [-0.4, -0.2) is 17.0 Å². The topological polar surface area (TPSA) is 4.36 Å². The first-order chi connectivity index (χ1) is 4.67. The van der Waals surface area contributed by atoms with Crippen molar-refractivity contribution >= 4 is 11.8 Å². The monoisotopic (exact) mass is 155 g/mol. The molecule has 10 heavy (non-hydrogen) atoms. The number of thioether (sulfide) groups is 1. The zero-order valence-electron chi connectivity index (χ0n) is 6.55. The van der Waals surface area contributed by atoms with E-state index in [0.717, 1.165) is 6.54 Å². The van der Waals surface area contributed by atoms with Crippen molar-refractivity contribution in [1.29, 1.82) is 0 Å². The SMILES string of the molecule is [C-]#[N+]CC1CCSC1(C)C. The lowest BCUT2D eigenvalue weighted by molar-refractivity contribution is 0.467. The molecule has 1 nitrogen and oxygen atoms in total. The molecule has 1 unspecified atom stereocenters. The summed E-state index contributed by atoms with van der Waals surface area (Å²) in [4.78, 5) is 3.45.